The molecule has 3 heterocycles. The molecule has 3 aromatic carbocycles. The molecule has 1 N–H and O–H groups in total. The highest BCUT2D eigenvalue weighted by Gasteiger charge is 2.16. The van der Waals surface area contributed by atoms with Crippen LogP contribution in [0, 0.1) is 0 Å². The Kier molecular flexibility index (Phi) is 2.57. The van der Waals surface area contributed by atoms with Gasteiger partial charge in [0.1, 0.15) is 0 Å². The van der Waals surface area contributed by atoms with Crippen LogP contribution in [0.25, 0.3) is 44.5 Å². The minimum absolute atomic E-state index is 0.253. The minimum atomic E-state index is 0.253. The summed E-state index contributed by atoms with van der Waals surface area (Å²) >= 11 is 0. The molecular formula is C20H12N4O2. The predicted octanol–water partition coefficient (Wildman–Crippen LogP) is 4.06. The fraction of sp³-hybridized carbons (Fsp3) is 0.0500. The summed E-state index contributed by atoms with van der Waals surface area (Å²) in [5.74, 6) is 2.14. The molecule has 0 atom stereocenters. The lowest BCUT2D eigenvalue weighted by atomic mass is 10.2. The standard InChI is InChI=1S/C20H12N4O2/c1-2-4-13-12(3-1)21-14-8-16-17(9-15(14)22-13)24-20(23-16)11-5-6-18-19(7-11)26-10-25-18/h1-9,21H,10H2. The van der Waals surface area contributed by atoms with E-state index in [0.29, 0.717) is 5.82 Å². The molecule has 0 spiro atoms. The van der Waals surface area contributed by atoms with Crippen LogP contribution < -0.4 is 9.47 Å². The molecule has 0 bridgehead atoms. The first-order chi connectivity index (χ1) is 12.8. The van der Waals surface area contributed by atoms with E-state index in [-0.39, 0.29) is 6.79 Å². The van der Waals surface area contributed by atoms with Gasteiger partial charge in [0.15, 0.2) is 17.3 Å². The molecule has 5 aromatic rings. The Morgan fingerprint density at radius 1 is 0.692 bits per heavy atom. The molecule has 6 nitrogen and oxygen atoms in total. The molecule has 26 heavy (non-hydrogen) atoms. The van der Waals surface area contributed by atoms with E-state index < -0.39 is 0 Å². The van der Waals surface area contributed by atoms with Crippen molar-refractivity contribution < 1.29 is 9.47 Å². The van der Waals surface area contributed by atoms with Crippen LogP contribution in [-0.4, -0.2) is 26.7 Å². The van der Waals surface area contributed by atoms with Gasteiger partial charge in [-0.25, -0.2) is 15.0 Å². The molecule has 2 aromatic heterocycles. The smallest absolute Gasteiger partial charge is 0.231 e. The summed E-state index contributed by atoms with van der Waals surface area (Å²) in [6.45, 7) is 0.253. The number of rotatable bonds is 1. The van der Waals surface area contributed by atoms with Crippen LogP contribution in [0.5, 0.6) is 11.5 Å². The molecule has 1 aliphatic rings. The summed E-state index contributed by atoms with van der Waals surface area (Å²) in [4.78, 5) is 17.5. The van der Waals surface area contributed by atoms with Gasteiger partial charge < -0.3 is 14.5 Å². The number of benzene rings is 3. The van der Waals surface area contributed by atoms with Crippen LogP contribution in [-0.2, 0) is 0 Å². The summed E-state index contributed by atoms with van der Waals surface area (Å²) in [5, 5.41) is 0. The zero-order chi connectivity index (χ0) is 17.1. The minimum Gasteiger partial charge on any atom is -0.454 e. The van der Waals surface area contributed by atoms with Gasteiger partial charge in [-0.05, 0) is 42.5 Å². The molecule has 0 saturated heterocycles. The van der Waals surface area contributed by atoms with E-state index in [9.17, 15) is 0 Å². The molecule has 0 aliphatic carbocycles. The summed E-state index contributed by atoms with van der Waals surface area (Å²) in [6, 6.07) is 17.7. The number of fused-ring (bicyclic) bond motifs is 4. The number of nitrogens with zero attached hydrogens (tertiary/aromatic N) is 3. The summed E-state index contributed by atoms with van der Waals surface area (Å²) in [7, 11) is 0. The van der Waals surface area contributed by atoms with Gasteiger partial charge in [-0.15, -0.1) is 0 Å². The van der Waals surface area contributed by atoms with E-state index in [1.807, 2.05) is 54.6 Å². The molecule has 0 unspecified atom stereocenters. The van der Waals surface area contributed by atoms with Crippen molar-refractivity contribution in [3.63, 3.8) is 0 Å². The largest absolute Gasteiger partial charge is 0.454 e. The highest BCUT2D eigenvalue weighted by molar-refractivity contribution is 5.95. The number of nitrogens with one attached hydrogen (secondary N) is 1. The first kappa shape index (κ1) is 13.6. The number of aromatic nitrogens is 4. The Labute approximate surface area is 147 Å². The Morgan fingerprint density at radius 2 is 1.54 bits per heavy atom. The number of hydrogen-bond donors (Lipinski definition) is 1. The van der Waals surface area contributed by atoms with E-state index in [1.165, 1.54) is 0 Å². The average molecular weight is 340 g/mol. The van der Waals surface area contributed by atoms with E-state index >= 15 is 0 Å². The van der Waals surface area contributed by atoms with Gasteiger partial charge in [-0.3, -0.25) is 0 Å². The SMILES string of the molecule is c1ccc2[nH]c3cc4nc(-c5ccc6c(c5)OCO6)nc4cc3nc2c1. The third-order valence-corrected chi connectivity index (χ3v) is 4.59. The quantitative estimate of drug-likeness (QED) is 0.466. The van der Waals surface area contributed by atoms with Crippen molar-refractivity contribution in [3.05, 3.63) is 54.6 Å². The van der Waals surface area contributed by atoms with Crippen molar-refractivity contribution in [2.45, 2.75) is 0 Å². The van der Waals surface area contributed by atoms with Crippen LogP contribution in [0.4, 0.5) is 0 Å². The number of aromatic amines is 1. The molecule has 124 valence electrons. The molecule has 6 heteroatoms. The molecule has 0 amide bonds. The first-order valence-electron chi connectivity index (χ1n) is 8.30. The zero-order valence-corrected chi connectivity index (χ0v) is 13.6. The van der Waals surface area contributed by atoms with Crippen molar-refractivity contribution in [2.24, 2.45) is 0 Å². The normalized spacial score (nSPS) is 13.1. The highest BCUT2D eigenvalue weighted by Crippen LogP contribution is 2.35. The third kappa shape index (κ3) is 1.96. The number of para-hydroxylation sites is 2. The number of ether oxygens (including phenoxy) is 2. The van der Waals surface area contributed by atoms with Crippen LogP contribution in [0.1, 0.15) is 0 Å². The van der Waals surface area contributed by atoms with Crippen molar-refractivity contribution in [2.75, 3.05) is 6.79 Å². The average Bonchev–Trinajstić information content (AvgIpc) is 3.29. The lowest BCUT2D eigenvalue weighted by Crippen LogP contribution is -1.92. The van der Waals surface area contributed by atoms with Gasteiger partial charge in [0.2, 0.25) is 6.79 Å². The summed E-state index contributed by atoms with van der Waals surface area (Å²) < 4.78 is 10.8. The second-order valence-electron chi connectivity index (χ2n) is 6.23. The van der Waals surface area contributed by atoms with Gasteiger partial charge in [-0.2, -0.15) is 0 Å². The Morgan fingerprint density at radius 3 is 2.50 bits per heavy atom. The van der Waals surface area contributed by atoms with E-state index in [2.05, 4.69) is 15.0 Å². The molecule has 6 rings (SSSR count). The van der Waals surface area contributed by atoms with Gasteiger partial charge in [-0.1, -0.05) is 12.1 Å². The van der Waals surface area contributed by atoms with E-state index in [4.69, 9.17) is 14.5 Å². The highest BCUT2D eigenvalue weighted by atomic mass is 16.7. The van der Waals surface area contributed by atoms with E-state index in [1.54, 1.807) is 0 Å². The maximum atomic E-state index is 5.45. The lowest BCUT2D eigenvalue weighted by molar-refractivity contribution is 0.174. The maximum absolute atomic E-state index is 5.45. The zero-order valence-electron chi connectivity index (χ0n) is 13.6. The maximum Gasteiger partial charge on any atom is 0.231 e. The lowest BCUT2D eigenvalue weighted by Gasteiger charge is -2.01. The van der Waals surface area contributed by atoms with Crippen LogP contribution in [0.15, 0.2) is 54.6 Å². The third-order valence-electron chi connectivity index (χ3n) is 4.59. The van der Waals surface area contributed by atoms with Crippen molar-refractivity contribution in [3.8, 4) is 22.9 Å². The van der Waals surface area contributed by atoms with Crippen LogP contribution in [0.3, 0.4) is 0 Å². The second kappa shape index (κ2) is 4.92. The number of hydrogen-bond acceptors (Lipinski definition) is 5. The monoisotopic (exact) mass is 340 g/mol. The van der Waals surface area contributed by atoms with Gasteiger partial charge in [0.25, 0.3) is 0 Å². The fourth-order valence-electron chi connectivity index (χ4n) is 3.31. The Bertz CT molecular complexity index is 1250. The predicted molar refractivity (Wildman–Crippen MR) is 98.3 cm³/mol. The Hall–Kier alpha value is -3.67. The van der Waals surface area contributed by atoms with Crippen LogP contribution >= 0.6 is 0 Å². The fourth-order valence-corrected chi connectivity index (χ4v) is 3.31. The summed E-state index contributed by atoms with van der Waals surface area (Å²) in [6.07, 6.45) is 0. The second-order valence-corrected chi connectivity index (χ2v) is 6.23. The van der Waals surface area contributed by atoms with Gasteiger partial charge in [0, 0.05) is 5.56 Å². The van der Waals surface area contributed by atoms with E-state index in [0.717, 1.165) is 50.2 Å². The Balaban J connectivity index is 1.55. The number of imidazole rings is 1. The summed E-state index contributed by atoms with van der Waals surface area (Å²) in [5.41, 5.74) is 6.28. The van der Waals surface area contributed by atoms with Gasteiger partial charge in [0.05, 0.1) is 33.1 Å². The molecule has 0 radical (unpaired) electrons. The van der Waals surface area contributed by atoms with Crippen molar-refractivity contribution in [1.82, 2.24) is 19.9 Å². The van der Waals surface area contributed by atoms with Crippen LogP contribution in [0.2, 0.25) is 0 Å². The van der Waals surface area contributed by atoms with Crippen molar-refractivity contribution in [1.29, 1.82) is 0 Å². The topological polar surface area (TPSA) is 72.9 Å². The number of H-pyrrole nitrogens is 1. The molecular weight excluding hydrogens is 328 g/mol. The molecule has 0 saturated carbocycles. The van der Waals surface area contributed by atoms with Gasteiger partial charge >= 0.3 is 0 Å². The first-order valence-corrected chi connectivity index (χ1v) is 8.30. The molecule has 0 fully saturated rings. The molecule has 1 aliphatic heterocycles. The van der Waals surface area contributed by atoms with Crippen molar-refractivity contribution >= 4 is 33.1 Å².